The van der Waals surface area contributed by atoms with E-state index in [0.29, 0.717) is 16.9 Å². The molecule has 7 nitrogen and oxygen atoms in total. The van der Waals surface area contributed by atoms with Crippen molar-refractivity contribution in [2.24, 2.45) is 0 Å². The molecule has 0 saturated heterocycles. The maximum atomic E-state index is 12.6. The van der Waals surface area contributed by atoms with E-state index in [4.69, 9.17) is 0 Å². The predicted molar refractivity (Wildman–Crippen MR) is 125 cm³/mol. The zero-order valence-corrected chi connectivity index (χ0v) is 18.4. The topological polar surface area (TPSA) is 93.1 Å². The lowest BCUT2D eigenvalue weighted by Crippen LogP contribution is -2.14. The third kappa shape index (κ3) is 4.70. The zero-order valence-electron chi connectivity index (χ0n) is 17.6. The van der Waals surface area contributed by atoms with E-state index in [1.165, 1.54) is 0 Å². The number of hydrogen-bond acceptors (Lipinski definition) is 4. The monoisotopic (exact) mass is 446 g/mol. The highest BCUT2D eigenvalue weighted by molar-refractivity contribution is 7.92. The summed E-state index contributed by atoms with van der Waals surface area (Å²) in [6.07, 6.45) is 1.72. The Morgan fingerprint density at radius 3 is 2.03 bits per heavy atom. The summed E-state index contributed by atoms with van der Waals surface area (Å²) in [5, 5.41) is 7.07. The summed E-state index contributed by atoms with van der Waals surface area (Å²) in [4.78, 5) is 12.7. The molecule has 0 atom stereocenters. The highest BCUT2D eigenvalue weighted by atomic mass is 32.2. The average Bonchev–Trinajstić information content (AvgIpc) is 3.21. The van der Waals surface area contributed by atoms with Crippen LogP contribution in [0.3, 0.4) is 0 Å². The minimum atomic E-state index is -3.68. The fourth-order valence-corrected chi connectivity index (χ4v) is 4.21. The highest BCUT2D eigenvalue weighted by Gasteiger charge is 2.14. The van der Waals surface area contributed by atoms with Crippen LogP contribution in [-0.2, 0) is 10.0 Å². The number of anilines is 2. The lowest BCUT2D eigenvalue weighted by molar-refractivity contribution is 0.102. The number of benzene rings is 3. The average molecular weight is 447 g/mol. The molecule has 1 heterocycles. The van der Waals surface area contributed by atoms with Gasteiger partial charge in [-0.25, -0.2) is 13.1 Å². The third-order valence-corrected chi connectivity index (χ3v) is 6.33. The van der Waals surface area contributed by atoms with Crippen LogP contribution < -0.4 is 10.0 Å². The van der Waals surface area contributed by atoms with Crippen LogP contribution in [0.25, 0.3) is 5.69 Å². The lowest BCUT2D eigenvalue weighted by atomic mass is 10.2. The Morgan fingerprint density at radius 2 is 1.44 bits per heavy atom. The number of amides is 1. The summed E-state index contributed by atoms with van der Waals surface area (Å²) in [5.74, 6) is -0.262. The van der Waals surface area contributed by atoms with Crippen molar-refractivity contribution in [2.75, 3.05) is 10.0 Å². The first-order valence-corrected chi connectivity index (χ1v) is 11.4. The first-order chi connectivity index (χ1) is 15.3. The molecule has 0 spiro atoms. The molecule has 0 fully saturated rings. The largest absolute Gasteiger partial charge is 0.322 e. The van der Waals surface area contributed by atoms with Gasteiger partial charge in [-0.05, 0) is 80.6 Å². The second-order valence-corrected chi connectivity index (χ2v) is 9.06. The molecule has 8 heteroatoms. The van der Waals surface area contributed by atoms with Crippen molar-refractivity contribution in [3.8, 4) is 5.69 Å². The Kier molecular flexibility index (Phi) is 5.79. The van der Waals surface area contributed by atoms with E-state index in [-0.39, 0.29) is 10.8 Å². The summed E-state index contributed by atoms with van der Waals surface area (Å²) in [7, 11) is -3.68. The van der Waals surface area contributed by atoms with Crippen molar-refractivity contribution in [2.45, 2.75) is 18.7 Å². The van der Waals surface area contributed by atoms with Gasteiger partial charge in [-0.3, -0.25) is 9.52 Å². The summed E-state index contributed by atoms with van der Waals surface area (Å²) >= 11 is 0. The van der Waals surface area contributed by atoms with E-state index >= 15 is 0 Å². The van der Waals surface area contributed by atoms with Crippen molar-refractivity contribution in [3.05, 3.63) is 102 Å². The predicted octanol–water partition coefficient (Wildman–Crippen LogP) is 4.54. The van der Waals surface area contributed by atoms with Crippen molar-refractivity contribution in [1.29, 1.82) is 0 Å². The molecule has 0 unspecified atom stereocenters. The van der Waals surface area contributed by atoms with Gasteiger partial charge in [0.05, 0.1) is 10.6 Å². The van der Waals surface area contributed by atoms with E-state index in [1.807, 2.05) is 32.0 Å². The molecule has 0 aliphatic heterocycles. The van der Waals surface area contributed by atoms with Crippen molar-refractivity contribution in [1.82, 2.24) is 9.78 Å². The molecule has 0 aliphatic carbocycles. The van der Waals surface area contributed by atoms with Gasteiger partial charge in [-0.15, -0.1) is 0 Å². The minimum Gasteiger partial charge on any atom is -0.322 e. The van der Waals surface area contributed by atoms with Gasteiger partial charge in [0, 0.05) is 28.8 Å². The zero-order chi connectivity index (χ0) is 22.7. The van der Waals surface area contributed by atoms with Crippen LogP contribution in [0.4, 0.5) is 11.4 Å². The lowest BCUT2D eigenvalue weighted by Gasteiger charge is -2.10. The number of hydrogen-bond donors (Lipinski definition) is 2. The Morgan fingerprint density at radius 1 is 0.812 bits per heavy atom. The van der Waals surface area contributed by atoms with Gasteiger partial charge in [0.15, 0.2) is 0 Å². The van der Waals surface area contributed by atoms with E-state index in [1.54, 1.807) is 71.5 Å². The molecule has 3 aromatic carbocycles. The molecule has 4 aromatic rings. The van der Waals surface area contributed by atoms with Gasteiger partial charge in [-0.1, -0.05) is 17.7 Å². The molecule has 162 valence electrons. The van der Waals surface area contributed by atoms with Gasteiger partial charge >= 0.3 is 0 Å². The van der Waals surface area contributed by atoms with E-state index in [2.05, 4.69) is 15.1 Å². The Labute approximate surface area is 186 Å². The second-order valence-electron chi connectivity index (χ2n) is 7.38. The van der Waals surface area contributed by atoms with Gasteiger partial charge in [-0.2, -0.15) is 5.10 Å². The molecule has 0 aliphatic rings. The molecule has 1 aromatic heterocycles. The molecular weight excluding hydrogens is 424 g/mol. The number of carbonyl (C=O) groups excluding carboxylic acids is 1. The molecule has 4 rings (SSSR count). The van der Waals surface area contributed by atoms with Gasteiger partial charge < -0.3 is 5.32 Å². The quantitative estimate of drug-likeness (QED) is 0.455. The Bertz CT molecular complexity index is 1340. The van der Waals surface area contributed by atoms with Gasteiger partial charge in [0.2, 0.25) is 0 Å². The molecular formula is C24H22N4O3S. The molecule has 0 radical (unpaired) electrons. The van der Waals surface area contributed by atoms with E-state index in [0.717, 1.165) is 16.9 Å². The highest BCUT2D eigenvalue weighted by Crippen LogP contribution is 2.20. The Balaban J connectivity index is 1.41. The van der Waals surface area contributed by atoms with Crippen LogP contribution in [0.15, 0.2) is 90.0 Å². The summed E-state index contributed by atoms with van der Waals surface area (Å²) in [6, 6.07) is 22.1. The van der Waals surface area contributed by atoms with Crippen LogP contribution in [0.5, 0.6) is 0 Å². The van der Waals surface area contributed by atoms with Gasteiger partial charge in [0.25, 0.3) is 15.9 Å². The third-order valence-electron chi connectivity index (χ3n) is 4.93. The SMILES string of the molecule is Cc1ccc(S(=O)(=O)Nc2ccc(NC(=O)c3ccc(-n4nccc4C)cc3)cc2)cc1. The van der Waals surface area contributed by atoms with Crippen molar-refractivity contribution < 1.29 is 13.2 Å². The van der Waals surface area contributed by atoms with E-state index < -0.39 is 10.0 Å². The number of nitrogens with zero attached hydrogens (tertiary/aromatic N) is 2. The number of rotatable bonds is 6. The van der Waals surface area contributed by atoms with Crippen molar-refractivity contribution >= 4 is 27.3 Å². The Hall–Kier alpha value is -3.91. The number of sulfonamides is 1. The summed E-state index contributed by atoms with van der Waals surface area (Å²) in [6.45, 7) is 3.85. The van der Waals surface area contributed by atoms with Gasteiger partial charge in [0.1, 0.15) is 0 Å². The van der Waals surface area contributed by atoms with Crippen LogP contribution in [-0.4, -0.2) is 24.1 Å². The standard InChI is InChI=1S/C24H22N4O3S/c1-17-3-13-23(14-4-17)32(30,31)27-21-9-7-20(8-10-21)26-24(29)19-5-11-22(12-6-19)28-18(2)15-16-25-28/h3-16,27H,1-2H3,(H,26,29). The smallest absolute Gasteiger partial charge is 0.261 e. The fraction of sp³-hybridized carbons (Fsp3) is 0.0833. The number of aryl methyl sites for hydroxylation is 2. The van der Waals surface area contributed by atoms with E-state index in [9.17, 15) is 13.2 Å². The van der Waals surface area contributed by atoms with Crippen LogP contribution in [0.1, 0.15) is 21.6 Å². The summed E-state index contributed by atoms with van der Waals surface area (Å²) < 4.78 is 29.3. The van der Waals surface area contributed by atoms with Crippen LogP contribution in [0, 0.1) is 13.8 Å². The molecule has 1 amide bonds. The normalized spacial score (nSPS) is 11.2. The number of nitrogens with one attached hydrogen (secondary N) is 2. The molecule has 2 N–H and O–H groups in total. The van der Waals surface area contributed by atoms with Crippen LogP contribution in [0.2, 0.25) is 0 Å². The maximum absolute atomic E-state index is 12.6. The molecule has 32 heavy (non-hydrogen) atoms. The maximum Gasteiger partial charge on any atom is 0.261 e. The first-order valence-electron chi connectivity index (χ1n) is 9.94. The molecule has 0 bridgehead atoms. The first kappa shape index (κ1) is 21.3. The van der Waals surface area contributed by atoms with Crippen LogP contribution >= 0.6 is 0 Å². The minimum absolute atomic E-state index is 0.189. The van der Waals surface area contributed by atoms with Crippen molar-refractivity contribution in [3.63, 3.8) is 0 Å². The second kappa shape index (κ2) is 8.68. The molecule has 0 saturated carbocycles. The number of carbonyl (C=O) groups is 1. The number of aromatic nitrogens is 2. The fourth-order valence-electron chi connectivity index (χ4n) is 3.15. The summed E-state index contributed by atoms with van der Waals surface area (Å²) in [5.41, 5.74) is 4.32.